The second kappa shape index (κ2) is 7.10. The van der Waals surface area contributed by atoms with Crippen molar-refractivity contribution in [3.05, 3.63) is 0 Å². The first-order chi connectivity index (χ1) is 8.79. The Morgan fingerprint density at radius 3 is 2.67 bits per heavy atom. The third-order valence-electron chi connectivity index (χ3n) is 4.23. The van der Waals surface area contributed by atoms with Gasteiger partial charge in [-0.1, -0.05) is 25.7 Å². The van der Waals surface area contributed by atoms with E-state index in [4.69, 9.17) is 10.5 Å². The van der Waals surface area contributed by atoms with E-state index in [2.05, 4.69) is 5.32 Å². The molecule has 2 unspecified atom stereocenters. The van der Waals surface area contributed by atoms with Gasteiger partial charge in [0.25, 0.3) is 0 Å². The van der Waals surface area contributed by atoms with Gasteiger partial charge in [-0.05, 0) is 31.6 Å². The number of carbonyl (C=O) groups excluding carboxylic acids is 1. The molecule has 0 aromatic rings. The van der Waals surface area contributed by atoms with Gasteiger partial charge in [0.2, 0.25) is 5.91 Å². The molecule has 1 saturated heterocycles. The molecule has 1 aliphatic heterocycles. The molecule has 1 aliphatic carbocycles. The van der Waals surface area contributed by atoms with Gasteiger partial charge in [0, 0.05) is 13.1 Å². The molecule has 1 heterocycles. The molecular weight excluding hydrogens is 228 g/mol. The highest BCUT2D eigenvalue weighted by Gasteiger charge is 2.29. The van der Waals surface area contributed by atoms with E-state index in [1.165, 1.54) is 32.1 Å². The highest BCUT2D eigenvalue weighted by atomic mass is 16.5. The van der Waals surface area contributed by atoms with E-state index < -0.39 is 0 Å². The molecule has 2 aliphatic rings. The van der Waals surface area contributed by atoms with Gasteiger partial charge >= 0.3 is 0 Å². The zero-order valence-corrected chi connectivity index (χ0v) is 11.2. The van der Waals surface area contributed by atoms with Gasteiger partial charge in [0.15, 0.2) is 0 Å². The number of amides is 1. The topological polar surface area (TPSA) is 64.4 Å². The highest BCUT2D eigenvalue weighted by molar-refractivity contribution is 5.80. The van der Waals surface area contributed by atoms with Crippen LogP contribution >= 0.6 is 0 Å². The molecule has 0 spiro atoms. The summed E-state index contributed by atoms with van der Waals surface area (Å²) in [6.07, 6.45) is 9.48. The minimum atomic E-state index is -0.259. The zero-order chi connectivity index (χ0) is 12.8. The van der Waals surface area contributed by atoms with Crippen molar-refractivity contribution in [1.82, 2.24) is 5.32 Å². The van der Waals surface area contributed by atoms with Crippen LogP contribution in [-0.2, 0) is 9.53 Å². The van der Waals surface area contributed by atoms with Crippen LogP contribution in [0.3, 0.4) is 0 Å². The molecule has 18 heavy (non-hydrogen) atoms. The fourth-order valence-electron chi connectivity index (χ4n) is 3.09. The van der Waals surface area contributed by atoms with Crippen LogP contribution < -0.4 is 11.1 Å². The third-order valence-corrected chi connectivity index (χ3v) is 4.23. The molecular formula is C14H26N2O2. The minimum Gasteiger partial charge on any atom is -0.364 e. The summed E-state index contributed by atoms with van der Waals surface area (Å²) in [5.74, 6) is 0.962. The summed E-state index contributed by atoms with van der Waals surface area (Å²) in [6.45, 7) is 1.31. The van der Waals surface area contributed by atoms with Crippen LogP contribution in [0.1, 0.15) is 51.4 Å². The highest BCUT2D eigenvalue weighted by Crippen LogP contribution is 2.28. The predicted molar refractivity (Wildman–Crippen MR) is 71.2 cm³/mol. The zero-order valence-electron chi connectivity index (χ0n) is 11.2. The first kappa shape index (κ1) is 13.8. The molecule has 0 radical (unpaired) electrons. The molecule has 2 rings (SSSR count). The van der Waals surface area contributed by atoms with Crippen molar-refractivity contribution < 1.29 is 9.53 Å². The number of nitrogens with two attached hydrogens (primary N) is 1. The minimum absolute atomic E-state index is 0.0531. The maximum Gasteiger partial charge on any atom is 0.249 e. The van der Waals surface area contributed by atoms with Crippen molar-refractivity contribution >= 4 is 5.91 Å². The number of rotatable bonds is 6. The molecule has 4 nitrogen and oxygen atoms in total. The van der Waals surface area contributed by atoms with E-state index >= 15 is 0 Å². The molecule has 2 atom stereocenters. The van der Waals surface area contributed by atoms with Crippen molar-refractivity contribution in [2.45, 2.75) is 63.6 Å². The summed E-state index contributed by atoms with van der Waals surface area (Å²) in [5.41, 5.74) is 5.53. The van der Waals surface area contributed by atoms with E-state index in [0.717, 1.165) is 31.7 Å². The number of hydrogen-bond acceptors (Lipinski definition) is 3. The largest absolute Gasteiger partial charge is 0.364 e. The van der Waals surface area contributed by atoms with E-state index in [1.54, 1.807) is 0 Å². The van der Waals surface area contributed by atoms with Crippen molar-refractivity contribution in [1.29, 1.82) is 0 Å². The average Bonchev–Trinajstić information content (AvgIpc) is 3.05. The summed E-state index contributed by atoms with van der Waals surface area (Å²) in [5, 5.41) is 2.99. The maximum absolute atomic E-state index is 11.8. The molecule has 0 aromatic heterocycles. The average molecular weight is 254 g/mol. The molecule has 1 amide bonds. The van der Waals surface area contributed by atoms with Crippen LogP contribution in [0, 0.1) is 5.92 Å². The van der Waals surface area contributed by atoms with E-state index in [-0.39, 0.29) is 18.1 Å². The van der Waals surface area contributed by atoms with Crippen LogP contribution in [0.15, 0.2) is 0 Å². The van der Waals surface area contributed by atoms with E-state index in [9.17, 15) is 4.79 Å². The van der Waals surface area contributed by atoms with Gasteiger partial charge in [-0.25, -0.2) is 0 Å². The number of hydrogen-bond donors (Lipinski definition) is 2. The Bertz CT molecular complexity index is 265. The fraction of sp³-hybridized carbons (Fsp3) is 0.929. The SMILES string of the molecule is NCC1CCC(C(=O)NCCCC2CCCC2)O1. The monoisotopic (exact) mass is 254 g/mol. The normalized spacial score (nSPS) is 28.7. The maximum atomic E-state index is 11.8. The van der Waals surface area contributed by atoms with Crippen LogP contribution in [0.5, 0.6) is 0 Å². The molecule has 104 valence electrons. The van der Waals surface area contributed by atoms with Crippen molar-refractivity contribution in [3.63, 3.8) is 0 Å². The van der Waals surface area contributed by atoms with Crippen LogP contribution in [0.2, 0.25) is 0 Å². The lowest BCUT2D eigenvalue weighted by molar-refractivity contribution is -0.131. The van der Waals surface area contributed by atoms with Crippen LogP contribution in [-0.4, -0.2) is 31.2 Å². The number of carbonyl (C=O) groups is 1. The Morgan fingerprint density at radius 1 is 1.22 bits per heavy atom. The lowest BCUT2D eigenvalue weighted by Gasteiger charge is -2.13. The van der Waals surface area contributed by atoms with Gasteiger partial charge < -0.3 is 15.8 Å². The van der Waals surface area contributed by atoms with E-state index in [1.807, 2.05) is 0 Å². The van der Waals surface area contributed by atoms with Gasteiger partial charge in [0.1, 0.15) is 6.10 Å². The second-order valence-corrected chi connectivity index (χ2v) is 5.64. The molecule has 0 bridgehead atoms. The van der Waals surface area contributed by atoms with Crippen molar-refractivity contribution in [3.8, 4) is 0 Å². The van der Waals surface area contributed by atoms with Gasteiger partial charge in [0.05, 0.1) is 6.10 Å². The third kappa shape index (κ3) is 3.95. The summed E-state index contributed by atoms with van der Waals surface area (Å²) < 4.78 is 5.57. The lowest BCUT2D eigenvalue weighted by atomic mass is 10.0. The summed E-state index contributed by atoms with van der Waals surface area (Å²) in [7, 11) is 0. The Kier molecular flexibility index (Phi) is 5.45. The Labute approximate surface area is 110 Å². The Morgan fingerprint density at radius 2 is 2.00 bits per heavy atom. The molecule has 4 heteroatoms. The summed E-state index contributed by atoms with van der Waals surface area (Å²) in [6, 6.07) is 0. The molecule has 2 fully saturated rings. The lowest BCUT2D eigenvalue weighted by Crippen LogP contribution is -2.36. The molecule has 1 saturated carbocycles. The number of ether oxygens (including phenoxy) is 1. The van der Waals surface area contributed by atoms with E-state index in [0.29, 0.717) is 6.54 Å². The van der Waals surface area contributed by atoms with Crippen LogP contribution in [0.4, 0.5) is 0 Å². The quantitative estimate of drug-likeness (QED) is 0.707. The van der Waals surface area contributed by atoms with Gasteiger partial charge in [-0.3, -0.25) is 4.79 Å². The first-order valence-corrected chi connectivity index (χ1v) is 7.43. The molecule has 3 N–H and O–H groups in total. The first-order valence-electron chi connectivity index (χ1n) is 7.43. The Hall–Kier alpha value is -0.610. The predicted octanol–water partition coefficient (Wildman–Crippen LogP) is 1.58. The standard InChI is InChI=1S/C14H26N2O2/c15-10-12-7-8-13(18-12)14(17)16-9-3-6-11-4-1-2-5-11/h11-13H,1-10,15H2,(H,16,17). The summed E-state index contributed by atoms with van der Waals surface area (Å²) in [4.78, 5) is 11.8. The fourth-order valence-corrected chi connectivity index (χ4v) is 3.09. The smallest absolute Gasteiger partial charge is 0.249 e. The second-order valence-electron chi connectivity index (χ2n) is 5.64. The number of nitrogens with one attached hydrogen (secondary N) is 1. The molecule has 0 aromatic carbocycles. The summed E-state index contributed by atoms with van der Waals surface area (Å²) >= 11 is 0. The van der Waals surface area contributed by atoms with Crippen molar-refractivity contribution in [2.75, 3.05) is 13.1 Å². The van der Waals surface area contributed by atoms with Gasteiger partial charge in [-0.15, -0.1) is 0 Å². The van der Waals surface area contributed by atoms with Crippen LogP contribution in [0.25, 0.3) is 0 Å². The Balaban J connectivity index is 1.54. The van der Waals surface area contributed by atoms with Gasteiger partial charge in [-0.2, -0.15) is 0 Å². The van der Waals surface area contributed by atoms with Crippen molar-refractivity contribution in [2.24, 2.45) is 11.7 Å².